The molecule has 0 aliphatic carbocycles. The molecule has 0 aromatic heterocycles. The lowest BCUT2D eigenvalue weighted by Crippen LogP contribution is -2.22. The van der Waals surface area contributed by atoms with Gasteiger partial charge in [0.15, 0.2) is 0 Å². The second kappa shape index (κ2) is 8.05. The first-order valence-electron chi connectivity index (χ1n) is 7.15. The monoisotopic (exact) mass is 265 g/mol. The van der Waals surface area contributed by atoms with E-state index in [0.29, 0.717) is 5.92 Å². The van der Waals surface area contributed by atoms with E-state index >= 15 is 0 Å². The summed E-state index contributed by atoms with van der Waals surface area (Å²) in [7, 11) is 3.36. The summed E-state index contributed by atoms with van der Waals surface area (Å²) in [5.74, 6) is 2.12. The van der Waals surface area contributed by atoms with E-state index in [-0.39, 0.29) is 6.04 Å². The van der Waals surface area contributed by atoms with Gasteiger partial charge in [-0.15, -0.1) is 0 Å². The quantitative estimate of drug-likeness (QED) is 0.774. The lowest BCUT2D eigenvalue weighted by Gasteiger charge is -2.26. The van der Waals surface area contributed by atoms with Crippen LogP contribution in [0.5, 0.6) is 11.5 Å². The molecule has 0 spiro atoms. The topological polar surface area (TPSA) is 44.5 Å². The highest BCUT2D eigenvalue weighted by Crippen LogP contribution is 2.38. The number of ether oxygens (including phenoxy) is 2. The summed E-state index contributed by atoms with van der Waals surface area (Å²) in [6, 6.07) is 5.80. The van der Waals surface area contributed by atoms with Gasteiger partial charge in [0, 0.05) is 6.04 Å². The molecule has 0 bridgehead atoms. The van der Waals surface area contributed by atoms with E-state index in [0.717, 1.165) is 42.7 Å². The fourth-order valence-corrected chi connectivity index (χ4v) is 2.69. The van der Waals surface area contributed by atoms with Crippen molar-refractivity contribution in [2.45, 2.75) is 45.6 Å². The second-order valence-electron chi connectivity index (χ2n) is 4.94. The van der Waals surface area contributed by atoms with Gasteiger partial charge in [-0.05, 0) is 30.9 Å². The van der Waals surface area contributed by atoms with Gasteiger partial charge in [0.05, 0.1) is 19.8 Å². The van der Waals surface area contributed by atoms with Crippen molar-refractivity contribution >= 4 is 0 Å². The molecule has 1 rings (SSSR count). The minimum Gasteiger partial charge on any atom is -0.496 e. The van der Waals surface area contributed by atoms with Crippen LogP contribution in [0.15, 0.2) is 18.2 Å². The van der Waals surface area contributed by atoms with Crippen LogP contribution in [0.25, 0.3) is 0 Å². The van der Waals surface area contributed by atoms with Crippen LogP contribution in [-0.2, 0) is 0 Å². The Balaban J connectivity index is 3.10. The first-order chi connectivity index (χ1) is 9.19. The predicted molar refractivity (Wildman–Crippen MR) is 79.8 cm³/mol. The summed E-state index contributed by atoms with van der Waals surface area (Å²) >= 11 is 0. The Morgan fingerprint density at radius 3 is 1.84 bits per heavy atom. The molecule has 2 N–H and O–H groups in total. The predicted octanol–water partition coefficient (Wildman–Crippen LogP) is 3.92. The van der Waals surface area contributed by atoms with Crippen molar-refractivity contribution in [2.24, 2.45) is 11.7 Å². The maximum Gasteiger partial charge on any atom is 0.127 e. The van der Waals surface area contributed by atoms with E-state index in [1.807, 2.05) is 18.2 Å². The minimum atomic E-state index is -0.0361. The first kappa shape index (κ1) is 15.8. The highest BCUT2D eigenvalue weighted by atomic mass is 16.5. The number of hydrogen-bond acceptors (Lipinski definition) is 3. The molecule has 0 aliphatic heterocycles. The maximum absolute atomic E-state index is 6.50. The Labute approximate surface area is 117 Å². The van der Waals surface area contributed by atoms with Gasteiger partial charge in [0.2, 0.25) is 0 Å². The molecule has 0 aliphatic rings. The highest BCUT2D eigenvalue weighted by molar-refractivity contribution is 5.47. The van der Waals surface area contributed by atoms with Crippen LogP contribution in [0, 0.1) is 5.92 Å². The van der Waals surface area contributed by atoms with Gasteiger partial charge in [-0.3, -0.25) is 0 Å². The Morgan fingerprint density at radius 2 is 1.47 bits per heavy atom. The zero-order valence-electron chi connectivity index (χ0n) is 12.6. The molecular weight excluding hydrogens is 238 g/mol. The van der Waals surface area contributed by atoms with Crippen molar-refractivity contribution in [1.29, 1.82) is 0 Å². The third kappa shape index (κ3) is 3.87. The smallest absolute Gasteiger partial charge is 0.127 e. The van der Waals surface area contributed by atoms with Crippen LogP contribution in [0.1, 0.15) is 51.1 Å². The molecule has 108 valence electrons. The number of methoxy groups -OCH3 is 2. The van der Waals surface area contributed by atoms with Crippen LogP contribution in [0.4, 0.5) is 0 Å². The van der Waals surface area contributed by atoms with Gasteiger partial charge in [0.25, 0.3) is 0 Å². The number of rotatable bonds is 8. The number of benzene rings is 1. The van der Waals surface area contributed by atoms with Crippen molar-refractivity contribution < 1.29 is 9.47 Å². The molecule has 3 nitrogen and oxygen atoms in total. The second-order valence-corrected chi connectivity index (χ2v) is 4.94. The van der Waals surface area contributed by atoms with E-state index in [2.05, 4.69) is 13.8 Å². The van der Waals surface area contributed by atoms with Crippen LogP contribution in [0.3, 0.4) is 0 Å². The van der Waals surface area contributed by atoms with Crippen molar-refractivity contribution in [3.63, 3.8) is 0 Å². The molecule has 3 heteroatoms. The van der Waals surface area contributed by atoms with E-state index < -0.39 is 0 Å². The number of hydrogen-bond donors (Lipinski definition) is 1. The summed E-state index contributed by atoms with van der Waals surface area (Å²) in [6.07, 6.45) is 4.57. The van der Waals surface area contributed by atoms with Crippen LogP contribution >= 0.6 is 0 Å². The largest absolute Gasteiger partial charge is 0.496 e. The van der Waals surface area contributed by atoms with E-state index in [4.69, 9.17) is 15.2 Å². The Hall–Kier alpha value is -1.22. The fraction of sp³-hybridized carbons (Fsp3) is 0.625. The molecule has 0 fully saturated rings. The van der Waals surface area contributed by atoms with Gasteiger partial charge in [0.1, 0.15) is 11.5 Å². The first-order valence-corrected chi connectivity index (χ1v) is 7.15. The molecule has 1 aromatic rings. The summed E-state index contributed by atoms with van der Waals surface area (Å²) in [6.45, 7) is 4.41. The van der Waals surface area contributed by atoms with Crippen LogP contribution in [0.2, 0.25) is 0 Å². The zero-order valence-corrected chi connectivity index (χ0v) is 12.6. The fourth-order valence-electron chi connectivity index (χ4n) is 2.69. The van der Waals surface area contributed by atoms with Crippen LogP contribution in [-0.4, -0.2) is 14.2 Å². The molecule has 0 saturated heterocycles. The van der Waals surface area contributed by atoms with Gasteiger partial charge < -0.3 is 15.2 Å². The molecule has 1 aromatic carbocycles. The van der Waals surface area contributed by atoms with Crippen molar-refractivity contribution in [3.05, 3.63) is 23.8 Å². The normalized spacial score (nSPS) is 12.5. The highest BCUT2D eigenvalue weighted by Gasteiger charge is 2.24. The van der Waals surface area contributed by atoms with Gasteiger partial charge in [-0.2, -0.15) is 0 Å². The average Bonchev–Trinajstić information content (AvgIpc) is 2.45. The molecule has 0 saturated carbocycles. The SMILES string of the molecule is CCCC(CCC)C(N)c1c(OC)cccc1OC. The minimum absolute atomic E-state index is 0.0361. The van der Waals surface area contributed by atoms with Crippen LogP contribution < -0.4 is 15.2 Å². The third-order valence-corrected chi connectivity index (χ3v) is 3.63. The lowest BCUT2D eigenvalue weighted by atomic mass is 9.86. The van der Waals surface area contributed by atoms with Gasteiger partial charge in [-0.25, -0.2) is 0 Å². The summed E-state index contributed by atoms with van der Waals surface area (Å²) in [5.41, 5.74) is 7.50. The molecular formula is C16H27NO2. The van der Waals surface area contributed by atoms with E-state index in [1.165, 1.54) is 0 Å². The van der Waals surface area contributed by atoms with Crippen molar-refractivity contribution in [3.8, 4) is 11.5 Å². The Morgan fingerprint density at radius 1 is 1.00 bits per heavy atom. The third-order valence-electron chi connectivity index (χ3n) is 3.63. The molecule has 19 heavy (non-hydrogen) atoms. The molecule has 1 unspecified atom stereocenters. The summed E-state index contributed by atoms with van der Waals surface area (Å²) < 4.78 is 10.9. The number of nitrogens with two attached hydrogens (primary N) is 1. The lowest BCUT2D eigenvalue weighted by molar-refractivity contribution is 0.332. The molecule has 0 radical (unpaired) electrons. The standard InChI is InChI=1S/C16H27NO2/c1-5-8-12(9-6-2)16(17)15-13(18-3)10-7-11-14(15)19-4/h7,10-12,16H,5-6,8-9,17H2,1-4H3. The Bertz CT molecular complexity index is 351. The van der Waals surface area contributed by atoms with Crippen molar-refractivity contribution in [2.75, 3.05) is 14.2 Å². The Kier molecular flexibility index (Phi) is 6.71. The molecule has 0 heterocycles. The van der Waals surface area contributed by atoms with E-state index in [1.54, 1.807) is 14.2 Å². The van der Waals surface area contributed by atoms with E-state index in [9.17, 15) is 0 Å². The summed E-state index contributed by atoms with van der Waals surface area (Å²) in [4.78, 5) is 0. The molecule has 1 atom stereocenters. The summed E-state index contributed by atoms with van der Waals surface area (Å²) in [5, 5.41) is 0. The van der Waals surface area contributed by atoms with Crippen molar-refractivity contribution in [1.82, 2.24) is 0 Å². The van der Waals surface area contributed by atoms with Gasteiger partial charge >= 0.3 is 0 Å². The average molecular weight is 265 g/mol. The molecule has 0 amide bonds. The van der Waals surface area contributed by atoms with Gasteiger partial charge in [-0.1, -0.05) is 32.8 Å². The maximum atomic E-state index is 6.50. The zero-order chi connectivity index (χ0) is 14.3.